The number of carbonyl (C=O) groups is 6. The van der Waals surface area contributed by atoms with Crippen molar-refractivity contribution in [2.45, 2.75) is 96.2 Å². The van der Waals surface area contributed by atoms with Crippen LogP contribution in [0.25, 0.3) is 31.3 Å². The summed E-state index contributed by atoms with van der Waals surface area (Å²) >= 11 is 32.7. The Morgan fingerprint density at radius 3 is 1.45 bits per heavy atom. The number of esters is 2. The maximum Gasteiger partial charge on any atom is 1.00 e. The number of rotatable bonds is 8. The van der Waals surface area contributed by atoms with Gasteiger partial charge in [-0.1, -0.05) is 71.9 Å². The maximum atomic E-state index is 12.6. The number of fused-ring (bicyclic) bond motifs is 9. The second kappa shape index (κ2) is 34.5. The Morgan fingerprint density at radius 1 is 0.520 bits per heavy atom. The number of aryl methyl sites for hydroxylation is 2. The summed E-state index contributed by atoms with van der Waals surface area (Å²) in [5, 5.41) is 10.7. The molecule has 2 atom stereocenters. The standard InChI is InChI=1S/C20H12ClNO3S.C20H14ClNO2S.C13H11NOS.C11H13ClINO.C7H4ClIO2.C4H9.Li/c21-12-1-2-14-13(9-12)19(24)25-20(14)6-3-16(23)18-15(20)10-17(26-18)11-4-7-22-8-5-11;21-13-3-4-15-14(10-13)19(23)24-20(15)7-1-2-17-16(20)11-18(25-17)12-5-8-22-9-6-12;15-11-2-1-3-12-10(11)8-13(16-12)9-4-6-14-7-5-9;1-3-14(4-2)11(15)9-7-8(12)5-6-10(9)13;8-4-1-2-6(9)5(3-4)7(10)11;1-3-4-2;/h1-2,4-5,7-10H,3,6H2;3-6,8-11H,1-2,7H2;4-8H,1-3H2;5-7H,3-4H2,1-2H3;1-3H,(H,10,11);1,3-4H2,2H3;/q;;;;;-1;+1. The molecule has 23 heteroatoms. The van der Waals surface area contributed by atoms with Gasteiger partial charge in [0.15, 0.2) is 22.8 Å². The number of carboxylic acids is 1. The van der Waals surface area contributed by atoms with Gasteiger partial charge in [0.05, 0.1) is 27.1 Å². The second-order valence-corrected chi connectivity index (χ2v) is 30.1. The molecule has 0 saturated carbocycles. The van der Waals surface area contributed by atoms with Crippen molar-refractivity contribution >= 4 is 161 Å². The number of halogens is 6. The Labute approximate surface area is 640 Å². The van der Waals surface area contributed by atoms with Gasteiger partial charge in [-0.15, -0.1) is 34.0 Å². The van der Waals surface area contributed by atoms with Gasteiger partial charge in [0.25, 0.3) is 5.91 Å². The Morgan fingerprint density at radius 2 is 0.959 bits per heavy atom. The molecule has 0 radical (unpaired) electrons. The van der Waals surface area contributed by atoms with Crippen LogP contribution in [0.1, 0.15) is 166 Å². The zero-order chi connectivity index (χ0) is 69.1. The van der Waals surface area contributed by atoms with E-state index in [1.165, 1.54) is 43.3 Å². The molecule has 1 amide bonds. The Balaban J connectivity index is 0.000000145. The largest absolute Gasteiger partial charge is 1.00 e. The molecule has 0 fully saturated rings. The van der Waals surface area contributed by atoms with Crippen molar-refractivity contribution in [1.29, 1.82) is 0 Å². The SMILES string of the molecule is CCN(CC)C(=O)c1cc(Cl)ccc1I.O=C(O)c1cc(Cl)ccc1I.O=C1CCCc2sc(-c3ccncc3)cc21.O=C1OC2(CCC(=O)c3sc(-c4ccncc4)cc32)c2ccc(Cl)cc21.O=C1OC2(CCCc3sc(-c4ccncc4)cc32)c2ccc(Cl)cc21.[CH2-]CCC.[Li+]. The molecule has 2 unspecified atom stereocenters. The fourth-order valence-corrected chi connectivity index (χ4v) is 17.3. The number of carbonyl (C=O) groups excluding carboxylic acids is 5. The van der Waals surface area contributed by atoms with Crippen LogP contribution in [0.15, 0.2) is 165 Å². The molecule has 4 aromatic carbocycles. The number of thiophene rings is 3. The van der Waals surface area contributed by atoms with Crippen LogP contribution in [0.4, 0.5) is 0 Å². The Hall–Kier alpha value is -6.13. The van der Waals surface area contributed by atoms with Gasteiger partial charge in [0.1, 0.15) is 0 Å². The third-order valence-electron chi connectivity index (χ3n) is 16.6. The topological polar surface area (TPSA) is 183 Å². The molecule has 3 aliphatic carbocycles. The van der Waals surface area contributed by atoms with Crippen LogP contribution < -0.4 is 18.9 Å². The number of hydrogen-bond acceptors (Lipinski definition) is 14. The van der Waals surface area contributed by atoms with E-state index in [0.29, 0.717) is 70.3 Å². The molecule has 13 nitrogen and oxygen atoms in total. The van der Waals surface area contributed by atoms with E-state index in [0.717, 1.165) is 105 Å². The average molecular weight is 1660 g/mol. The number of amides is 1. The van der Waals surface area contributed by atoms with Gasteiger partial charge in [-0.3, -0.25) is 29.3 Å². The minimum atomic E-state index is -0.947. The van der Waals surface area contributed by atoms with Crippen molar-refractivity contribution < 1.29 is 62.2 Å². The predicted octanol–water partition coefficient (Wildman–Crippen LogP) is 18.1. The summed E-state index contributed by atoms with van der Waals surface area (Å²) in [6.07, 6.45) is 19.3. The summed E-state index contributed by atoms with van der Waals surface area (Å²) in [5.41, 5.74) is 8.33. The van der Waals surface area contributed by atoms with Crippen molar-refractivity contribution in [2.24, 2.45) is 0 Å². The summed E-state index contributed by atoms with van der Waals surface area (Å²) in [6.45, 7) is 11.1. The number of pyridine rings is 3. The van der Waals surface area contributed by atoms with Crippen molar-refractivity contribution in [3.8, 4) is 31.3 Å². The number of ether oxygens (including phenoxy) is 2. The molecule has 5 aliphatic rings. The van der Waals surface area contributed by atoms with Crippen LogP contribution >= 0.6 is 126 Å². The molecule has 0 saturated heterocycles. The first-order valence-electron chi connectivity index (χ1n) is 31.2. The molecule has 98 heavy (non-hydrogen) atoms. The minimum absolute atomic E-state index is 0. The number of Topliss-reactive ketones (excluding diaryl/α,β-unsaturated/α-hetero) is 2. The number of nitrogens with zero attached hydrogens (tertiary/aromatic N) is 4. The monoisotopic (exact) mass is 1660 g/mol. The van der Waals surface area contributed by atoms with Gasteiger partial charge in [-0.05, 0) is 223 Å². The first-order chi connectivity index (χ1) is 46.7. The quantitative estimate of drug-likeness (QED) is 0.0658. The van der Waals surface area contributed by atoms with E-state index in [4.69, 9.17) is 61.0 Å². The molecule has 2 spiro atoms. The summed E-state index contributed by atoms with van der Waals surface area (Å²) in [7, 11) is 0. The Kier molecular flexibility index (Phi) is 26.8. The van der Waals surface area contributed by atoms with Gasteiger partial charge in [-0.2, -0.15) is 6.42 Å². The number of aromatic carboxylic acids is 1. The van der Waals surface area contributed by atoms with Crippen LogP contribution in [0.2, 0.25) is 20.1 Å². The summed E-state index contributed by atoms with van der Waals surface area (Å²) < 4.78 is 13.5. The van der Waals surface area contributed by atoms with Gasteiger partial charge in [-0.25, -0.2) is 14.4 Å². The predicted molar refractivity (Wildman–Crippen MR) is 405 cm³/mol. The smallest absolute Gasteiger partial charge is 0.478 e. The number of carboxylic acid groups (broad SMARTS) is 1. The normalized spacial score (nSPS) is 16.3. The van der Waals surface area contributed by atoms with Crippen LogP contribution in [0, 0.1) is 14.1 Å². The Bertz CT molecular complexity index is 4570. The van der Waals surface area contributed by atoms with E-state index in [9.17, 15) is 28.8 Å². The molecule has 15 rings (SSSR count). The number of hydrogen-bond donors (Lipinski definition) is 1. The van der Waals surface area contributed by atoms with E-state index >= 15 is 0 Å². The molecule has 8 heterocycles. The molecule has 0 bridgehead atoms. The van der Waals surface area contributed by atoms with Crippen LogP contribution in [0.3, 0.4) is 0 Å². The van der Waals surface area contributed by atoms with Crippen molar-refractivity contribution in [3.05, 3.63) is 263 Å². The molecule has 1 N–H and O–H groups in total. The summed E-state index contributed by atoms with van der Waals surface area (Å²) in [4.78, 5) is 92.3. The molecular weight excluding hydrogens is 1600 g/mol. The van der Waals surface area contributed by atoms with Crippen LogP contribution in [-0.4, -0.2) is 73.4 Å². The number of aromatic nitrogens is 3. The zero-order valence-electron chi connectivity index (χ0n) is 53.8. The third-order valence-corrected chi connectivity index (χ3v) is 23.2. The molecule has 498 valence electrons. The van der Waals surface area contributed by atoms with Crippen molar-refractivity contribution in [1.82, 2.24) is 19.9 Å². The minimum Gasteiger partial charge on any atom is -0.478 e. The van der Waals surface area contributed by atoms with E-state index in [2.05, 4.69) is 57.5 Å². The molecular formula is C75H63Cl4I2LiN4O9S3. The van der Waals surface area contributed by atoms with Crippen LogP contribution in [-0.2, 0) is 33.5 Å². The van der Waals surface area contributed by atoms with Crippen molar-refractivity contribution in [3.63, 3.8) is 0 Å². The average Bonchev–Trinajstić information content (AvgIpc) is 1.56. The molecule has 6 aromatic heterocycles. The van der Waals surface area contributed by atoms with E-state index in [-0.39, 0.29) is 48.1 Å². The maximum absolute atomic E-state index is 12.6. The summed E-state index contributed by atoms with van der Waals surface area (Å²) in [6, 6.07) is 38.9. The first-order valence-corrected chi connectivity index (χ1v) is 37.3. The van der Waals surface area contributed by atoms with Crippen molar-refractivity contribution in [2.75, 3.05) is 13.1 Å². The molecule has 2 aliphatic heterocycles. The van der Waals surface area contributed by atoms with Gasteiger partial charge in [0, 0.05) is 149 Å². The second-order valence-electron chi connectivity index (χ2n) is 22.7. The van der Waals surface area contributed by atoms with E-state index < -0.39 is 17.2 Å². The number of unbranched alkanes of at least 4 members (excludes halogenated alkanes) is 1. The fraction of sp³-hybridized carbons (Fsp3) is 0.227. The zero-order valence-corrected chi connectivity index (χ0v) is 63.6. The number of benzene rings is 4. The molecule has 10 aromatic rings. The third kappa shape index (κ3) is 17.1. The summed E-state index contributed by atoms with van der Waals surface area (Å²) in [5.74, 6) is -1.17. The first kappa shape index (κ1) is 76.1. The van der Waals surface area contributed by atoms with Crippen LogP contribution in [0.5, 0.6) is 0 Å². The van der Waals surface area contributed by atoms with E-state index in [1.54, 1.807) is 107 Å². The van der Waals surface area contributed by atoms with Gasteiger partial charge >= 0.3 is 36.8 Å². The van der Waals surface area contributed by atoms with Gasteiger partial charge in [0.2, 0.25) is 0 Å². The van der Waals surface area contributed by atoms with Gasteiger partial charge < -0.3 is 26.4 Å². The number of ketones is 2. The fourth-order valence-electron chi connectivity index (χ4n) is 11.8. The van der Waals surface area contributed by atoms with E-state index in [1.807, 2.05) is 109 Å².